The lowest BCUT2D eigenvalue weighted by Crippen LogP contribution is -2.58. The molecule has 5 heterocycles. The highest BCUT2D eigenvalue weighted by molar-refractivity contribution is 7.99. The summed E-state index contributed by atoms with van der Waals surface area (Å²) in [5, 5.41) is 0.637. The van der Waals surface area contributed by atoms with Gasteiger partial charge in [-0.2, -0.15) is 18.5 Å². The standard InChI is InChI=1S/C34H38ClF2N5O3S.H2S/c1-5-28(43)41-20(3)13-40(14-21(41)4)32-24-10-19(2)29(23-11-25(35)27(37)12-26(23)36)31-30(24)42(33(44)38-32)22(16-46-31)15-39-8-6-34(7-9-39)17-45-18-34;/h5,10-12,20-22H,1,6-9,13-18H2,2-4H3;1H2/t20-,21+,22-;/m0./s1. The number of aryl methyl sites for hydroxylation is 1. The van der Waals surface area contributed by atoms with Crippen LogP contribution in [-0.2, 0) is 9.53 Å². The number of piperidine rings is 1. The molecule has 4 aliphatic heterocycles. The maximum absolute atomic E-state index is 15.4. The average Bonchev–Trinajstić information content (AvgIpc) is 3.00. The minimum Gasteiger partial charge on any atom is -0.380 e. The molecule has 2 aromatic carbocycles. The van der Waals surface area contributed by atoms with Gasteiger partial charge in [0.1, 0.15) is 17.5 Å². The number of halogens is 3. The third-order valence-corrected chi connectivity index (χ3v) is 11.8. The number of nitrogens with zero attached hydrogens (tertiary/aromatic N) is 5. The van der Waals surface area contributed by atoms with Crippen LogP contribution in [0.15, 0.2) is 40.5 Å². The summed E-state index contributed by atoms with van der Waals surface area (Å²) in [6.45, 7) is 14.8. The molecule has 3 saturated heterocycles. The first-order chi connectivity index (χ1) is 22.0. The lowest BCUT2D eigenvalue weighted by molar-refractivity contribution is -0.140. The third-order valence-electron chi connectivity index (χ3n) is 10.3. The number of ether oxygens (including phenoxy) is 1. The van der Waals surface area contributed by atoms with Crippen LogP contribution in [0.25, 0.3) is 22.0 Å². The fourth-order valence-electron chi connectivity index (χ4n) is 7.87. The number of rotatable bonds is 5. The molecule has 0 N–H and O–H groups in total. The zero-order valence-electron chi connectivity index (χ0n) is 26.8. The Balaban J connectivity index is 0.00000386. The van der Waals surface area contributed by atoms with E-state index in [1.807, 2.05) is 31.7 Å². The number of carbonyl (C=O) groups is 1. The maximum atomic E-state index is 15.4. The van der Waals surface area contributed by atoms with E-state index in [1.54, 1.807) is 16.3 Å². The van der Waals surface area contributed by atoms with Gasteiger partial charge in [0.15, 0.2) is 0 Å². The summed E-state index contributed by atoms with van der Waals surface area (Å²) in [6.07, 6.45) is 3.49. The van der Waals surface area contributed by atoms with Gasteiger partial charge in [-0.05, 0) is 70.5 Å². The molecule has 1 aromatic heterocycles. The molecular formula is C34H40ClF2N5O3S2. The summed E-state index contributed by atoms with van der Waals surface area (Å²) < 4.78 is 37.0. The highest BCUT2D eigenvalue weighted by Gasteiger charge is 2.42. The van der Waals surface area contributed by atoms with Crippen molar-refractivity contribution in [3.63, 3.8) is 0 Å². The van der Waals surface area contributed by atoms with E-state index in [9.17, 15) is 14.0 Å². The molecule has 13 heteroatoms. The summed E-state index contributed by atoms with van der Waals surface area (Å²) in [4.78, 5) is 38.6. The third kappa shape index (κ3) is 5.88. The molecule has 1 spiro atoms. The van der Waals surface area contributed by atoms with Crippen molar-refractivity contribution in [2.45, 2.75) is 56.6 Å². The number of thioether (sulfide) groups is 1. The number of amides is 1. The Hall–Kier alpha value is -2.64. The van der Waals surface area contributed by atoms with Crippen LogP contribution in [0.1, 0.15) is 38.3 Å². The van der Waals surface area contributed by atoms with Gasteiger partial charge in [-0.15, -0.1) is 11.8 Å². The second kappa shape index (κ2) is 13.0. The normalized spacial score (nSPS) is 23.8. The van der Waals surface area contributed by atoms with Crippen molar-refractivity contribution < 1.29 is 18.3 Å². The first kappa shape index (κ1) is 34.2. The lowest BCUT2D eigenvalue weighted by Gasteiger charge is -2.48. The van der Waals surface area contributed by atoms with Crippen LogP contribution >= 0.6 is 36.9 Å². The fraction of sp³-hybridized carbons (Fsp3) is 0.500. The van der Waals surface area contributed by atoms with Crippen LogP contribution in [-0.4, -0.2) is 89.0 Å². The lowest BCUT2D eigenvalue weighted by atomic mass is 9.77. The van der Waals surface area contributed by atoms with Gasteiger partial charge in [-0.25, -0.2) is 13.6 Å². The molecule has 0 saturated carbocycles. The number of aromatic nitrogens is 2. The molecule has 3 atom stereocenters. The fourth-order valence-corrected chi connectivity index (χ4v) is 9.40. The second-order valence-electron chi connectivity index (χ2n) is 13.4. The van der Waals surface area contributed by atoms with Gasteiger partial charge in [0, 0.05) is 70.4 Å². The summed E-state index contributed by atoms with van der Waals surface area (Å²) in [7, 11) is 0. The molecule has 3 fully saturated rings. The number of hydrogen-bond acceptors (Lipinski definition) is 7. The summed E-state index contributed by atoms with van der Waals surface area (Å²) in [5.41, 5.74) is 2.24. The zero-order valence-corrected chi connectivity index (χ0v) is 29.4. The molecule has 0 radical (unpaired) electrons. The Bertz CT molecular complexity index is 1800. The SMILES string of the molecule is C=CC(=O)N1[C@H](C)CN(c2nc(=O)n3c4c(c(-c5cc(Cl)c(F)cc5F)c(C)cc24)SC[C@@H]3CN2CCC3(CC2)COC3)C[C@@H]1C.S. The number of carbonyl (C=O) groups excluding carboxylic acids is 1. The molecule has 0 unspecified atom stereocenters. The molecule has 0 bridgehead atoms. The Labute approximate surface area is 289 Å². The molecular weight excluding hydrogens is 664 g/mol. The van der Waals surface area contributed by atoms with Crippen LogP contribution in [0, 0.1) is 24.0 Å². The van der Waals surface area contributed by atoms with Crippen molar-refractivity contribution >= 4 is 59.5 Å². The Kier molecular flexibility index (Phi) is 9.47. The Morgan fingerprint density at radius 2 is 1.83 bits per heavy atom. The van der Waals surface area contributed by atoms with Crippen molar-refractivity contribution in [1.82, 2.24) is 19.4 Å². The van der Waals surface area contributed by atoms with E-state index in [0.29, 0.717) is 47.7 Å². The van der Waals surface area contributed by atoms with E-state index in [1.165, 1.54) is 12.1 Å². The van der Waals surface area contributed by atoms with E-state index in [4.69, 9.17) is 21.3 Å². The highest BCUT2D eigenvalue weighted by atomic mass is 35.5. The molecule has 47 heavy (non-hydrogen) atoms. The molecule has 0 aliphatic carbocycles. The van der Waals surface area contributed by atoms with Crippen molar-refractivity contribution in [1.29, 1.82) is 0 Å². The van der Waals surface area contributed by atoms with E-state index < -0.39 is 11.6 Å². The quantitative estimate of drug-likeness (QED) is 0.246. The number of anilines is 1. The number of piperazine rings is 1. The van der Waals surface area contributed by atoms with Gasteiger partial charge in [0.25, 0.3) is 0 Å². The predicted octanol–water partition coefficient (Wildman–Crippen LogP) is 5.79. The van der Waals surface area contributed by atoms with E-state index >= 15 is 4.39 Å². The first-order valence-corrected chi connectivity index (χ1v) is 17.2. The van der Waals surface area contributed by atoms with Crippen LogP contribution in [0.3, 0.4) is 0 Å². The summed E-state index contributed by atoms with van der Waals surface area (Å²) in [5.74, 6) is -0.491. The van der Waals surface area contributed by atoms with E-state index in [-0.39, 0.29) is 53.8 Å². The van der Waals surface area contributed by atoms with Crippen molar-refractivity contribution in [3.05, 3.63) is 63.6 Å². The maximum Gasteiger partial charge on any atom is 0.350 e. The molecule has 1 amide bonds. The number of benzene rings is 2. The Morgan fingerprint density at radius 1 is 1.15 bits per heavy atom. The van der Waals surface area contributed by atoms with Gasteiger partial charge in [0.05, 0.1) is 29.8 Å². The molecule has 3 aromatic rings. The monoisotopic (exact) mass is 703 g/mol. The van der Waals surface area contributed by atoms with Crippen LogP contribution in [0.4, 0.5) is 14.6 Å². The zero-order chi connectivity index (χ0) is 32.5. The molecule has 4 aliphatic rings. The van der Waals surface area contributed by atoms with Crippen LogP contribution in [0.2, 0.25) is 5.02 Å². The van der Waals surface area contributed by atoms with E-state index in [0.717, 1.165) is 61.1 Å². The topological polar surface area (TPSA) is 70.9 Å². The minimum absolute atomic E-state index is 0. The summed E-state index contributed by atoms with van der Waals surface area (Å²) in [6, 6.07) is 3.70. The average molecular weight is 704 g/mol. The van der Waals surface area contributed by atoms with Crippen LogP contribution < -0.4 is 10.6 Å². The van der Waals surface area contributed by atoms with Crippen LogP contribution in [0.5, 0.6) is 0 Å². The van der Waals surface area contributed by atoms with Crippen molar-refractivity contribution in [3.8, 4) is 11.1 Å². The van der Waals surface area contributed by atoms with Gasteiger partial charge in [0.2, 0.25) is 5.91 Å². The highest BCUT2D eigenvalue weighted by Crippen LogP contribution is 2.47. The minimum atomic E-state index is -0.819. The van der Waals surface area contributed by atoms with Crippen molar-refractivity contribution in [2.75, 3.05) is 56.6 Å². The second-order valence-corrected chi connectivity index (χ2v) is 14.9. The summed E-state index contributed by atoms with van der Waals surface area (Å²) >= 11 is 7.77. The smallest absolute Gasteiger partial charge is 0.350 e. The van der Waals surface area contributed by atoms with Gasteiger partial charge in [-0.3, -0.25) is 9.36 Å². The Morgan fingerprint density at radius 3 is 2.45 bits per heavy atom. The van der Waals surface area contributed by atoms with E-state index in [2.05, 4.69) is 16.4 Å². The van der Waals surface area contributed by atoms with Gasteiger partial charge in [-0.1, -0.05) is 18.2 Å². The van der Waals surface area contributed by atoms with Gasteiger partial charge < -0.3 is 19.4 Å². The van der Waals surface area contributed by atoms with Crippen molar-refractivity contribution in [2.24, 2.45) is 5.41 Å². The molecule has 7 rings (SSSR count). The van der Waals surface area contributed by atoms with Gasteiger partial charge >= 0.3 is 5.69 Å². The number of hydrogen-bond donors (Lipinski definition) is 0. The largest absolute Gasteiger partial charge is 0.380 e. The predicted molar refractivity (Wildman–Crippen MR) is 188 cm³/mol. The number of likely N-dealkylation sites (tertiary alicyclic amines) is 1. The molecule has 8 nitrogen and oxygen atoms in total. The first-order valence-electron chi connectivity index (χ1n) is 15.9. The molecule has 252 valence electrons.